The van der Waals surface area contributed by atoms with Crippen molar-refractivity contribution in [2.75, 3.05) is 38.1 Å². The zero-order chi connectivity index (χ0) is 18.1. The number of nitrogens with one attached hydrogen (secondary N) is 2. The molecule has 2 heterocycles. The fourth-order valence-electron chi connectivity index (χ4n) is 3.39. The first-order valence-electron chi connectivity index (χ1n) is 8.94. The lowest BCUT2D eigenvalue weighted by Gasteiger charge is -2.34. The summed E-state index contributed by atoms with van der Waals surface area (Å²) in [5, 5.41) is 7.47. The molecule has 0 radical (unpaired) electrons. The predicted molar refractivity (Wildman–Crippen MR) is 106 cm³/mol. The van der Waals surface area contributed by atoms with Gasteiger partial charge in [-0.25, -0.2) is 4.98 Å². The van der Waals surface area contributed by atoms with Gasteiger partial charge in [0.2, 0.25) is 0 Å². The van der Waals surface area contributed by atoms with Gasteiger partial charge in [0.1, 0.15) is 11.7 Å². The number of H-pyrrole nitrogens is 1. The molecule has 0 atom stereocenters. The van der Waals surface area contributed by atoms with E-state index in [1.807, 2.05) is 24.3 Å². The molecule has 0 spiro atoms. The Morgan fingerprint density at radius 1 is 1.12 bits per heavy atom. The van der Waals surface area contributed by atoms with Gasteiger partial charge in [0, 0.05) is 43.9 Å². The zero-order valence-corrected chi connectivity index (χ0v) is 15.0. The first kappa shape index (κ1) is 16.6. The topological polar surface area (TPSA) is 85.0 Å². The minimum absolute atomic E-state index is 0.0942. The van der Waals surface area contributed by atoms with Crippen LogP contribution in [-0.4, -0.2) is 53.9 Å². The van der Waals surface area contributed by atoms with Crippen molar-refractivity contribution >= 4 is 22.6 Å². The summed E-state index contributed by atoms with van der Waals surface area (Å²) in [4.78, 5) is 13.0. The molecule has 6 nitrogen and oxygen atoms in total. The molecule has 134 valence electrons. The summed E-state index contributed by atoms with van der Waals surface area (Å²) in [5.41, 5.74) is 10.7. The van der Waals surface area contributed by atoms with Crippen LogP contribution < -0.4 is 10.6 Å². The van der Waals surface area contributed by atoms with E-state index >= 15 is 0 Å². The number of aromatic nitrogens is 2. The number of piperazine rings is 1. The Morgan fingerprint density at radius 3 is 2.54 bits per heavy atom. The molecule has 26 heavy (non-hydrogen) atoms. The molecule has 4 N–H and O–H groups in total. The first-order chi connectivity index (χ1) is 12.6. The highest BCUT2D eigenvalue weighted by atomic mass is 15.2. The first-order valence-corrected chi connectivity index (χ1v) is 8.94. The normalized spacial score (nSPS) is 15.5. The van der Waals surface area contributed by atoms with E-state index in [9.17, 15) is 0 Å². The Kier molecular flexibility index (Phi) is 4.34. The second-order valence-corrected chi connectivity index (χ2v) is 6.96. The number of rotatable bonds is 4. The average molecular weight is 348 g/mol. The van der Waals surface area contributed by atoms with Crippen LogP contribution in [0.1, 0.15) is 17.0 Å². The number of anilines is 1. The number of imidazole rings is 1. The van der Waals surface area contributed by atoms with Gasteiger partial charge < -0.3 is 20.5 Å². The van der Waals surface area contributed by atoms with Gasteiger partial charge in [0.05, 0.1) is 11.0 Å². The molecule has 0 saturated carbocycles. The summed E-state index contributed by atoms with van der Waals surface area (Å²) in [7, 11) is 2.17. The summed E-state index contributed by atoms with van der Waals surface area (Å²) in [6.07, 6.45) is 0.733. The van der Waals surface area contributed by atoms with E-state index in [1.54, 1.807) is 0 Å². The van der Waals surface area contributed by atoms with Gasteiger partial charge in [0.15, 0.2) is 0 Å². The van der Waals surface area contributed by atoms with E-state index in [1.165, 1.54) is 5.69 Å². The smallest absolute Gasteiger partial charge is 0.122 e. The minimum atomic E-state index is 0.0942. The summed E-state index contributed by atoms with van der Waals surface area (Å²) < 4.78 is 0. The Labute approximate surface area is 153 Å². The summed E-state index contributed by atoms with van der Waals surface area (Å²) in [6, 6.07) is 14.2. The molecule has 1 saturated heterocycles. The van der Waals surface area contributed by atoms with Gasteiger partial charge in [-0.1, -0.05) is 24.3 Å². The summed E-state index contributed by atoms with van der Waals surface area (Å²) >= 11 is 0. The monoisotopic (exact) mass is 348 g/mol. The number of fused-ring (bicyclic) bond motifs is 1. The molecule has 0 unspecified atom stereocenters. The highest BCUT2D eigenvalue weighted by molar-refractivity contribution is 5.94. The third-order valence-corrected chi connectivity index (χ3v) is 5.02. The maximum absolute atomic E-state index is 7.47. The number of benzene rings is 2. The van der Waals surface area contributed by atoms with E-state index in [0.29, 0.717) is 0 Å². The third-order valence-electron chi connectivity index (χ3n) is 5.02. The third kappa shape index (κ3) is 3.41. The van der Waals surface area contributed by atoms with Gasteiger partial charge in [0.25, 0.3) is 0 Å². The van der Waals surface area contributed by atoms with Crippen LogP contribution >= 0.6 is 0 Å². The number of nitrogens with zero attached hydrogens (tertiary/aromatic N) is 3. The maximum atomic E-state index is 7.47. The quantitative estimate of drug-likeness (QED) is 0.498. The molecule has 2 aromatic carbocycles. The van der Waals surface area contributed by atoms with Gasteiger partial charge in [-0.2, -0.15) is 0 Å². The number of nitrogen functional groups attached to an aromatic ring is 1. The molecule has 3 aromatic rings. The van der Waals surface area contributed by atoms with Crippen molar-refractivity contribution in [3.05, 3.63) is 59.4 Å². The number of aromatic amines is 1. The SMILES string of the molecule is CN1CCN(c2ccc3nc(Cc4ccc(C(=N)N)cc4)[nH]c3c2)CC1. The lowest BCUT2D eigenvalue weighted by atomic mass is 10.1. The van der Waals surface area contributed by atoms with Crippen LogP contribution in [0.5, 0.6) is 0 Å². The van der Waals surface area contributed by atoms with Gasteiger partial charge in [-0.15, -0.1) is 0 Å². The van der Waals surface area contributed by atoms with Crippen molar-refractivity contribution in [1.29, 1.82) is 5.41 Å². The maximum Gasteiger partial charge on any atom is 0.122 e. The fourth-order valence-corrected chi connectivity index (χ4v) is 3.39. The molecule has 1 aromatic heterocycles. The van der Waals surface area contributed by atoms with Crippen molar-refractivity contribution < 1.29 is 0 Å². The van der Waals surface area contributed by atoms with Gasteiger partial charge >= 0.3 is 0 Å². The van der Waals surface area contributed by atoms with Gasteiger partial charge in [-0.3, -0.25) is 5.41 Å². The lowest BCUT2D eigenvalue weighted by molar-refractivity contribution is 0.313. The lowest BCUT2D eigenvalue weighted by Crippen LogP contribution is -2.44. The van der Waals surface area contributed by atoms with E-state index in [2.05, 4.69) is 40.0 Å². The minimum Gasteiger partial charge on any atom is -0.384 e. The molecule has 6 heteroatoms. The zero-order valence-electron chi connectivity index (χ0n) is 15.0. The second kappa shape index (κ2) is 6.80. The van der Waals surface area contributed by atoms with Crippen LogP contribution in [0.3, 0.4) is 0 Å². The molecule has 0 aliphatic carbocycles. The van der Waals surface area contributed by atoms with Crippen molar-refractivity contribution in [2.45, 2.75) is 6.42 Å². The molecule has 1 aliphatic rings. The largest absolute Gasteiger partial charge is 0.384 e. The summed E-state index contributed by atoms with van der Waals surface area (Å²) in [6.45, 7) is 4.32. The molecular formula is C20H24N6. The molecule has 1 aliphatic heterocycles. The average Bonchev–Trinajstić information content (AvgIpc) is 3.04. The summed E-state index contributed by atoms with van der Waals surface area (Å²) in [5.74, 6) is 1.04. The number of hydrogen-bond donors (Lipinski definition) is 3. The van der Waals surface area contributed by atoms with Crippen molar-refractivity contribution in [3.8, 4) is 0 Å². The van der Waals surface area contributed by atoms with Crippen molar-refractivity contribution in [2.24, 2.45) is 5.73 Å². The van der Waals surface area contributed by atoms with Crippen molar-refractivity contribution in [3.63, 3.8) is 0 Å². The highest BCUT2D eigenvalue weighted by Gasteiger charge is 2.15. The highest BCUT2D eigenvalue weighted by Crippen LogP contribution is 2.22. The van der Waals surface area contributed by atoms with E-state index in [0.717, 1.165) is 60.6 Å². The van der Waals surface area contributed by atoms with E-state index in [4.69, 9.17) is 16.1 Å². The number of likely N-dealkylation sites (N-methyl/N-ethyl adjacent to an activating group) is 1. The number of hydrogen-bond acceptors (Lipinski definition) is 4. The van der Waals surface area contributed by atoms with Crippen LogP contribution in [0.2, 0.25) is 0 Å². The standard InChI is InChI=1S/C20H24N6/c1-25-8-10-26(11-9-25)16-6-7-17-18(13-16)24-19(23-17)12-14-2-4-15(5-3-14)20(21)22/h2-7,13H,8-12H2,1H3,(H3,21,22)(H,23,24). The predicted octanol–water partition coefficient (Wildman–Crippen LogP) is 2.19. The molecule has 1 fully saturated rings. The van der Waals surface area contributed by atoms with E-state index < -0.39 is 0 Å². The molecular weight excluding hydrogens is 324 g/mol. The van der Waals surface area contributed by atoms with Crippen LogP contribution in [0, 0.1) is 5.41 Å². The fraction of sp³-hybridized carbons (Fsp3) is 0.300. The Bertz CT molecular complexity index is 919. The van der Waals surface area contributed by atoms with Crippen LogP contribution in [0.4, 0.5) is 5.69 Å². The van der Waals surface area contributed by atoms with Crippen molar-refractivity contribution in [1.82, 2.24) is 14.9 Å². The number of amidine groups is 1. The van der Waals surface area contributed by atoms with Crippen LogP contribution in [0.15, 0.2) is 42.5 Å². The molecule has 0 bridgehead atoms. The van der Waals surface area contributed by atoms with Crippen LogP contribution in [-0.2, 0) is 6.42 Å². The molecule has 0 amide bonds. The van der Waals surface area contributed by atoms with Crippen LogP contribution in [0.25, 0.3) is 11.0 Å². The number of nitrogens with two attached hydrogens (primary N) is 1. The molecule has 4 rings (SSSR count). The Hall–Kier alpha value is -2.86. The van der Waals surface area contributed by atoms with Gasteiger partial charge in [-0.05, 0) is 30.8 Å². The second-order valence-electron chi connectivity index (χ2n) is 6.96. The Balaban J connectivity index is 1.53. The Morgan fingerprint density at radius 2 is 1.85 bits per heavy atom. The van der Waals surface area contributed by atoms with E-state index in [-0.39, 0.29) is 5.84 Å².